The number of nitrogens with two attached hydrogens (primary N) is 1. The molecule has 11 nitrogen and oxygen atoms in total. The number of esters is 2. The van der Waals surface area contributed by atoms with Gasteiger partial charge in [-0.2, -0.15) is 0 Å². The average Bonchev–Trinajstić information content (AvgIpc) is 2.93. The molecule has 1 saturated heterocycles. The number of carbonyl (C=O) groups is 3. The first-order valence-corrected chi connectivity index (χ1v) is 13.3. The number of cyclic esters (lactones) is 1. The van der Waals surface area contributed by atoms with Crippen molar-refractivity contribution in [3.05, 3.63) is 48.3 Å². The molecule has 2 atom stereocenters. The molecule has 1 aliphatic rings. The predicted octanol–water partition coefficient (Wildman–Crippen LogP) is 4.20. The van der Waals surface area contributed by atoms with E-state index in [-0.39, 0.29) is 42.2 Å². The number of pyridine rings is 1. The van der Waals surface area contributed by atoms with E-state index >= 15 is 0 Å². The molecule has 1 amide bonds. The number of para-hydroxylation sites is 1. The van der Waals surface area contributed by atoms with E-state index < -0.39 is 11.9 Å². The van der Waals surface area contributed by atoms with Crippen molar-refractivity contribution in [2.24, 2.45) is 5.73 Å². The lowest BCUT2D eigenvalue weighted by molar-refractivity contribution is -0.150. The van der Waals surface area contributed by atoms with E-state index in [1.165, 1.54) is 26.3 Å². The molecule has 1 aliphatic heterocycles. The van der Waals surface area contributed by atoms with Crippen LogP contribution in [0.3, 0.4) is 0 Å². The van der Waals surface area contributed by atoms with Crippen molar-refractivity contribution >= 4 is 17.8 Å². The number of amides is 1. The van der Waals surface area contributed by atoms with Crippen molar-refractivity contribution in [2.75, 3.05) is 20.5 Å². The number of primary amides is 1. The summed E-state index contributed by atoms with van der Waals surface area (Å²) in [5.74, 6) is -0.129. The van der Waals surface area contributed by atoms with Gasteiger partial charge in [-0.15, -0.1) is 0 Å². The van der Waals surface area contributed by atoms with Gasteiger partial charge in [-0.3, -0.25) is 14.4 Å². The van der Waals surface area contributed by atoms with Crippen molar-refractivity contribution in [1.82, 2.24) is 4.98 Å². The summed E-state index contributed by atoms with van der Waals surface area (Å²) in [5.41, 5.74) is 5.04. The third-order valence-corrected chi connectivity index (χ3v) is 5.39. The summed E-state index contributed by atoms with van der Waals surface area (Å²) in [4.78, 5) is 36.9. The molecule has 222 valence electrons. The first kappa shape index (κ1) is 34.2. The Morgan fingerprint density at radius 3 is 2.45 bits per heavy atom. The highest BCUT2D eigenvalue weighted by molar-refractivity contribution is 5.94. The fourth-order valence-corrected chi connectivity index (χ4v) is 3.51. The number of hydrogen-bond acceptors (Lipinski definition) is 10. The van der Waals surface area contributed by atoms with Crippen LogP contribution in [0.25, 0.3) is 0 Å². The number of aromatic nitrogens is 1. The Balaban J connectivity index is 0.000000355. The highest BCUT2D eigenvalue weighted by Gasteiger charge is 2.20. The summed E-state index contributed by atoms with van der Waals surface area (Å²) in [6, 6.07) is 11.4. The zero-order chi connectivity index (χ0) is 29.8. The maximum Gasteiger partial charge on any atom is 0.306 e. The fourth-order valence-electron chi connectivity index (χ4n) is 3.51. The smallest absolute Gasteiger partial charge is 0.306 e. The molecule has 2 aromatic rings. The van der Waals surface area contributed by atoms with Crippen LogP contribution in [0.4, 0.5) is 0 Å². The van der Waals surface area contributed by atoms with Crippen LogP contribution >= 0.6 is 0 Å². The molecule has 2 heterocycles. The molecule has 0 saturated carbocycles. The van der Waals surface area contributed by atoms with Crippen molar-refractivity contribution in [3.63, 3.8) is 0 Å². The van der Waals surface area contributed by atoms with Crippen LogP contribution in [-0.4, -0.2) is 60.7 Å². The van der Waals surface area contributed by atoms with Crippen LogP contribution in [0.5, 0.6) is 17.2 Å². The Morgan fingerprint density at radius 2 is 1.85 bits per heavy atom. The number of aliphatic hydroxyl groups is 1. The molecule has 1 aromatic carbocycles. The zero-order valence-electron chi connectivity index (χ0n) is 23.8. The Hall–Kier alpha value is -3.86. The van der Waals surface area contributed by atoms with Crippen LogP contribution in [0.1, 0.15) is 76.2 Å². The van der Waals surface area contributed by atoms with E-state index in [2.05, 4.69) is 9.72 Å². The van der Waals surface area contributed by atoms with Gasteiger partial charge in [0.25, 0.3) is 5.91 Å². The first-order chi connectivity index (χ1) is 19.2. The van der Waals surface area contributed by atoms with Crippen LogP contribution < -0.4 is 19.9 Å². The Labute approximate surface area is 235 Å². The van der Waals surface area contributed by atoms with E-state index in [9.17, 15) is 14.4 Å². The zero-order valence-corrected chi connectivity index (χ0v) is 23.8. The molecule has 0 bridgehead atoms. The van der Waals surface area contributed by atoms with Gasteiger partial charge in [-0.1, -0.05) is 31.5 Å². The second-order valence-corrected chi connectivity index (χ2v) is 8.87. The fraction of sp³-hybridized carbons (Fsp3) is 0.517. The standard InChI is InChI=1S/C16H22O3.C10H12N2O5.C3H8O/c1-13-12-15(19-14-8-4-2-5-9-14)10-6-3-7-11-16(17)18-13;1-6(13)16-5-17-9-7(15-2)3-4-12-8(9)10(11)14;1-2-3-4/h2,4-5,8-9,13,15H,3,6-7,10-12H2,1H3;3-4H,5H2,1-2H3,(H2,11,14);4H,2-3H2,1H3. The first-order valence-electron chi connectivity index (χ1n) is 13.3. The third kappa shape index (κ3) is 14.3. The minimum absolute atomic E-state index is 0.0451. The highest BCUT2D eigenvalue weighted by atomic mass is 16.7. The van der Waals surface area contributed by atoms with E-state index in [4.69, 9.17) is 29.8 Å². The molecule has 40 heavy (non-hydrogen) atoms. The number of aliphatic hydroxyl groups excluding tert-OH is 1. The minimum atomic E-state index is -0.762. The summed E-state index contributed by atoms with van der Waals surface area (Å²) in [6.45, 7) is 5.08. The second-order valence-electron chi connectivity index (χ2n) is 8.87. The SMILES string of the molecule is CC1CC(Oc2ccccc2)CCCCCC(=O)O1.CCCO.COc1ccnc(C(N)=O)c1OCOC(C)=O. The Kier molecular flexibility index (Phi) is 17.2. The molecule has 1 aromatic heterocycles. The van der Waals surface area contributed by atoms with E-state index in [1.807, 2.05) is 44.2 Å². The summed E-state index contributed by atoms with van der Waals surface area (Å²) in [6.07, 6.45) is 7.73. The van der Waals surface area contributed by atoms with Crippen LogP contribution in [0.15, 0.2) is 42.6 Å². The third-order valence-electron chi connectivity index (χ3n) is 5.39. The summed E-state index contributed by atoms with van der Waals surface area (Å²) in [5, 5.41) is 7.88. The molecule has 2 unspecified atom stereocenters. The lowest BCUT2D eigenvalue weighted by Crippen LogP contribution is -2.26. The van der Waals surface area contributed by atoms with Gasteiger partial charge < -0.3 is 34.5 Å². The molecular formula is C29H42N2O9. The molecule has 11 heteroatoms. The minimum Gasteiger partial charge on any atom is -0.493 e. The predicted molar refractivity (Wildman–Crippen MR) is 148 cm³/mol. The lowest BCUT2D eigenvalue weighted by Gasteiger charge is -2.24. The van der Waals surface area contributed by atoms with E-state index in [1.54, 1.807) is 0 Å². The average molecular weight is 563 g/mol. The summed E-state index contributed by atoms with van der Waals surface area (Å²) >= 11 is 0. The van der Waals surface area contributed by atoms with Crippen molar-refractivity contribution in [1.29, 1.82) is 0 Å². The van der Waals surface area contributed by atoms with E-state index in [0.29, 0.717) is 13.0 Å². The van der Waals surface area contributed by atoms with Gasteiger partial charge in [0.2, 0.25) is 6.79 Å². The molecule has 0 spiro atoms. The van der Waals surface area contributed by atoms with Crippen molar-refractivity contribution in [3.8, 4) is 17.2 Å². The van der Waals surface area contributed by atoms with Gasteiger partial charge in [0.05, 0.1) is 7.11 Å². The normalized spacial score (nSPS) is 16.9. The van der Waals surface area contributed by atoms with Crippen molar-refractivity contribution in [2.45, 2.75) is 77.9 Å². The van der Waals surface area contributed by atoms with Crippen LogP contribution in [0.2, 0.25) is 0 Å². The number of hydrogen-bond donors (Lipinski definition) is 2. The van der Waals surface area contributed by atoms with E-state index in [0.717, 1.165) is 44.3 Å². The summed E-state index contributed by atoms with van der Waals surface area (Å²) in [7, 11) is 1.40. The number of carbonyl (C=O) groups excluding carboxylic acids is 3. The maximum absolute atomic E-state index is 11.5. The molecule has 3 rings (SSSR count). The molecule has 3 N–H and O–H groups in total. The number of rotatable bonds is 8. The topological polar surface area (TPSA) is 156 Å². The monoisotopic (exact) mass is 562 g/mol. The van der Waals surface area contributed by atoms with Gasteiger partial charge in [-0.05, 0) is 44.7 Å². The number of benzene rings is 1. The molecular weight excluding hydrogens is 520 g/mol. The maximum atomic E-state index is 11.5. The molecule has 1 fully saturated rings. The Morgan fingerprint density at radius 1 is 1.15 bits per heavy atom. The number of methoxy groups -OCH3 is 1. The number of nitrogens with zero attached hydrogens (tertiary/aromatic N) is 1. The second kappa shape index (κ2) is 20.1. The largest absolute Gasteiger partial charge is 0.493 e. The lowest BCUT2D eigenvalue weighted by atomic mass is 10.0. The number of ether oxygens (including phenoxy) is 5. The Bertz CT molecular complexity index is 1020. The highest BCUT2D eigenvalue weighted by Crippen LogP contribution is 2.29. The van der Waals surface area contributed by atoms with Crippen LogP contribution in [0, 0.1) is 0 Å². The molecule has 0 aliphatic carbocycles. The summed E-state index contributed by atoms with van der Waals surface area (Å²) < 4.78 is 26.0. The van der Waals surface area contributed by atoms with Gasteiger partial charge in [0.1, 0.15) is 18.0 Å². The molecule has 0 radical (unpaired) electrons. The van der Waals surface area contributed by atoms with Gasteiger partial charge in [0, 0.05) is 38.6 Å². The van der Waals surface area contributed by atoms with Gasteiger partial charge >= 0.3 is 11.9 Å². The van der Waals surface area contributed by atoms with Gasteiger partial charge in [0.15, 0.2) is 17.2 Å². The quantitative estimate of drug-likeness (QED) is 0.353. The van der Waals surface area contributed by atoms with Gasteiger partial charge in [-0.25, -0.2) is 4.98 Å². The van der Waals surface area contributed by atoms with Crippen molar-refractivity contribution < 1.29 is 43.2 Å². The van der Waals surface area contributed by atoms with Crippen LogP contribution in [-0.2, 0) is 19.1 Å².